The van der Waals surface area contributed by atoms with Crippen molar-refractivity contribution in [3.8, 4) is 0 Å². The monoisotopic (exact) mass is 297 g/mol. The summed E-state index contributed by atoms with van der Waals surface area (Å²) in [5.74, 6) is 0. The molecule has 0 saturated carbocycles. The van der Waals surface area contributed by atoms with Gasteiger partial charge >= 0.3 is 0 Å². The highest BCUT2D eigenvalue weighted by atomic mass is 35.5. The van der Waals surface area contributed by atoms with Crippen molar-refractivity contribution < 1.29 is 8.42 Å². The third-order valence-corrected chi connectivity index (χ3v) is 4.19. The molecule has 3 N–H and O–H groups in total. The molecule has 0 aliphatic carbocycles. The fraction of sp³-hybridized carbons (Fsp3) is 0.0833. The maximum Gasteiger partial charge on any atom is 0.264 e. The Morgan fingerprint density at radius 3 is 2.74 bits per heavy atom. The highest BCUT2D eigenvalue weighted by Crippen LogP contribution is 2.25. The lowest BCUT2D eigenvalue weighted by Crippen LogP contribution is -2.15. The molecule has 2 aromatic rings. The third-order valence-electron chi connectivity index (χ3n) is 2.53. The summed E-state index contributed by atoms with van der Waals surface area (Å²) in [6.07, 6.45) is 3.07. The Hall–Kier alpha value is -1.79. The van der Waals surface area contributed by atoms with Crippen LogP contribution in [0.15, 0.2) is 41.6 Å². The Kier molecular flexibility index (Phi) is 3.64. The number of benzene rings is 1. The third kappa shape index (κ3) is 2.97. The average molecular weight is 298 g/mol. The summed E-state index contributed by atoms with van der Waals surface area (Å²) in [5.41, 5.74) is 6.99. The van der Waals surface area contributed by atoms with Crippen LogP contribution in [0.5, 0.6) is 0 Å². The Morgan fingerprint density at radius 1 is 1.32 bits per heavy atom. The van der Waals surface area contributed by atoms with Crippen LogP contribution in [0.4, 0.5) is 11.4 Å². The van der Waals surface area contributed by atoms with Crippen molar-refractivity contribution in [1.82, 2.24) is 4.98 Å². The molecule has 0 bridgehead atoms. The van der Waals surface area contributed by atoms with Gasteiger partial charge < -0.3 is 5.73 Å². The van der Waals surface area contributed by atoms with Gasteiger partial charge in [0.15, 0.2) is 0 Å². The molecule has 0 aliphatic heterocycles. The zero-order valence-electron chi connectivity index (χ0n) is 10.1. The van der Waals surface area contributed by atoms with Gasteiger partial charge in [-0.3, -0.25) is 9.71 Å². The fourth-order valence-electron chi connectivity index (χ4n) is 1.53. The number of aryl methyl sites for hydroxylation is 1. The molecule has 1 aromatic carbocycles. The summed E-state index contributed by atoms with van der Waals surface area (Å²) < 4.78 is 27.0. The molecule has 0 atom stereocenters. The Bertz CT molecular complexity index is 717. The van der Waals surface area contributed by atoms with E-state index >= 15 is 0 Å². The van der Waals surface area contributed by atoms with Gasteiger partial charge in [-0.1, -0.05) is 11.6 Å². The highest BCUT2D eigenvalue weighted by Gasteiger charge is 2.18. The first-order valence-electron chi connectivity index (χ1n) is 5.38. The van der Waals surface area contributed by atoms with E-state index in [9.17, 15) is 8.42 Å². The summed E-state index contributed by atoms with van der Waals surface area (Å²) in [5, 5.41) is 0.307. The van der Waals surface area contributed by atoms with Gasteiger partial charge in [0.1, 0.15) is 4.90 Å². The van der Waals surface area contributed by atoms with E-state index in [0.717, 1.165) is 0 Å². The van der Waals surface area contributed by atoms with Gasteiger partial charge in [-0.25, -0.2) is 8.42 Å². The minimum absolute atomic E-state index is 0.0452. The number of sulfonamides is 1. The van der Waals surface area contributed by atoms with Crippen LogP contribution < -0.4 is 10.5 Å². The molecule has 0 radical (unpaired) electrons. The summed E-state index contributed by atoms with van der Waals surface area (Å²) >= 11 is 5.80. The quantitative estimate of drug-likeness (QED) is 0.852. The summed E-state index contributed by atoms with van der Waals surface area (Å²) in [4.78, 5) is 3.85. The van der Waals surface area contributed by atoms with E-state index in [1.807, 2.05) is 0 Å². The molecule has 1 aromatic heterocycles. The molecule has 0 spiro atoms. The van der Waals surface area contributed by atoms with Crippen molar-refractivity contribution in [3.63, 3.8) is 0 Å². The van der Waals surface area contributed by atoms with Crippen LogP contribution in [0.1, 0.15) is 5.56 Å². The van der Waals surface area contributed by atoms with E-state index in [-0.39, 0.29) is 10.6 Å². The number of halogens is 1. The first kappa shape index (κ1) is 13.6. The van der Waals surface area contributed by atoms with Gasteiger partial charge in [-0.15, -0.1) is 0 Å². The summed E-state index contributed by atoms with van der Waals surface area (Å²) in [6.45, 7) is 1.76. The van der Waals surface area contributed by atoms with Crippen molar-refractivity contribution >= 4 is 33.0 Å². The second-order valence-electron chi connectivity index (χ2n) is 3.98. The Labute approximate surface area is 116 Å². The lowest BCUT2D eigenvalue weighted by Gasteiger charge is -2.11. The summed E-state index contributed by atoms with van der Waals surface area (Å²) in [7, 11) is -3.78. The van der Waals surface area contributed by atoms with Crippen LogP contribution in [0.2, 0.25) is 5.02 Å². The van der Waals surface area contributed by atoms with Gasteiger partial charge in [0.25, 0.3) is 10.0 Å². The molecule has 0 amide bonds. The van der Waals surface area contributed by atoms with E-state index < -0.39 is 10.0 Å². The molecule has 1 heterocycles. The van der Waals surface area contributed by atoms with E-state index in [2.05, 4.69) is 9.71 Å². The van der Waals surface area contributed by atoms with Gasteiger partial charge in [0, 0.05) is 17.4 Å². The first-order chi connectivity index (χ1) is 8.90. The molecule has 0 unspecified atom stereocenters. The number of aromatic nitrogens is 1. The second kappa shape index (κ2) is 5.07. The van der Waals surface area contributed by atoms with Crippen LogP contribution in [0.25, 0.3) is 0 Å². The SMILES string of the molecule is Cc1cnccc1NS(=O)(=O)c1cc(Cl)ccc1N. The number of nitrogens with two attached hydrogens (primary N) is 1. The maximum atomic E-state index is 12.3. The lowest BCUT2D eigenvalue weighted by molar-refractivity contribution is 0.601. The molecule has 0 aliphatic rings. The topological polar surface area (TPSA) is 85.1 Å². The van der Waals surface area contributed by atoms with Crippen molar-refractivity contribution in [1.29, 1.82) is 0 Å². The van der Waals surface area contributed by atoms with Crippen molar-refractivity contribution in [3.05, 3.63) is 47.2 Å². The zero-order valence-corrected chi connectivity index (χ0v) is 11.7. The van der Waals surface area contributed by atoms with Crippen LogP contribution in [-0.2, 0) is 10.0 Å². The number of nitrogens with zero attached hydrogens (tertiary/aromatic N) is 1. The molecular weight excluding hydrogens is 286 g/mol. The molecule has 0 saturated heterocycles. The van der Waals surface area contributed by atoms with E-state index in [0.29, 0.717) is 16.3 Å². The maximum absolute atomic E-state index is 12.3. The minimum Gasteiger partial charge on any atom is -0.398 e. The van der Waals surface area contributed by atoms with Crippen LogP contribution in [0, 0.1) is 6.92 Å². The van der Waals surface area contributed by atoms with Crippen molar-refractivity contribution in [2.24, 2.45) is 0 Å². The first-order valence-corrected chi connectivity index (χ1v) is 7.25. The zero-order chi connectivity index (χ0) is 14.0. The molecule has 100 valence electrons. The van der Waals surface area contributed by atoms with Gasteiger partial charge in [0.2, 0.25) is 0 Å². The van der Waals surface area contributed by atoms with E-state index in [1.165, 1.54) is 24.4 Å². The number of hydrogen-bond donors (Lipinski definition) is 2. The number of rotatable bonds is 3. The molecular formula is C12H12ClN3O2S. The number of nitrogens with one attached hydrogen (secondary N) is 1. The number of nitrogen functional groups attached to an aromatic ring is 1. The van der Waals surface area contributed by atoms with Gasteiger partial charge in [-0.2, -0.15) is 0 Å². The van der Waals surface area contributed by atoms with Gasteiger partial charge in [0.05, 0.1) is 11.4 Å². The predicted molar refractivity (Wildman–Crippen MR) is 75.6 cm³/mol. The lowest BCUT2D eigenvalue weighted by atomic mass is 10.3. The van der Waals surface area contributed by atoms with Crippen molar-refractivity contribution in [2.75, 3.05) is 10.5 Å². The van der Waals surface area contributed by atoms with Crippen LogP contribution in [-0.4, -0.2) is 13.4 Å². The summed E-state index contributed by atoms with van der Waals surface area (Å²) in [6, 6.07) is 5.88. The second-order valence-corrected chi connectivity index (χ2v) is 6.07. The number of anilines is 2. The van der Waals surface area contributed by atoms with Crippen molar-refractivity contribution in [2.45, 2.75) is 11.8 Å². The van der Waals surface area contributed by atoms with Crippen LogP contribution >= 0.6 is 11.6 Å². The van der Waals surface area contributed by atoms with Crippen LogP contribution in [0.3, 0.4) is 0 Å². The Morgan fingerprint density at radius 2 is 2.05 bits per heavy atom. The largest absolute Gasteiger partial charge is 0.398 e. The predicted octanol–water partition coefficient (Wildman–Crippen LogP) is 2.43. The molecule has 7 heteroatoms. The smallest absolute Gasteiger partial charge is 0.264 e. The normalized spacial score (nSPS) is 11.3. The van der Waals surface area contributed by atoms with Gasteiger partial charge in [-0.05, 0) is 36.8 Å². The minimum atomic E-state index is -3.78. The highest BCUT2D eigenvalue weighted by molar-refractivity contribution is 7.92. The fourth-order valence-corrected chi connectivity index (χ4v) is 3.05. The van der Waals surface area contributed by atoms with E-state index in [1.54, 1.807) is 19.2 Å². The van der Waals surface area contributed by atoms with E-state index in [4.69, 9.17) is 17.3 Å². The molecule has 0 fully saturated rings. The number of hydrogen-bond acceptors (Lipinski definition) is 4. The molecule has 2 rings (SSSR count). The molecule has 5 nitrogen and oxygen atoms in total. The number of pyridine rings is 1. The Balaban J connectivity index is 2.44. The standard InChI is InChI=1S/C12H12ClN3O2S/c1-8-7-15-5-4-11(8)16-19(17,18)12-6-9(13)2-3-10(12)14/h2-7H,14H2,1H3,(H,15,16). The molecule has 19 heavy (non-hydrogen) atoms. The average Bonchev–Trinajstić information content (AvgIpc) is 2.35.